The summed E-state index contributed by atoms with van der Waals surface area (Å²) in [5.41, 5.74) is 2.56. The van der Waals surface area contributed by atoms with E-state index >= 15 is 0 Å². The van der Waals surface area contributed by atoms with E-state index in [2.05, 4.69) is 33.8 Å². The summed E-state index contributed by atoms with van der Waals surface area (Å²) in [7, 11) is 1.97. The van der Waals surface area contributed by atoms with Crippen LogP contribution in [0.3, 0.4) is 0 Å². The fourth-order valence-corrected chi connectivity index (χ4v) is 2.89. The number of rotatable bonds is 3. The van der Waals surface area contributed by atoms with Crippen LogP contribution in [0.25, 0.3) is 0 Å². The van der Waals surface area contributed by atoms with Crippen molar-refractivity contribution in [2.75, 3.05) is 11.9 Å². The van der Waals surface area contributed by atoms with Gasteiger partial charge >= 0.3 is 0 Å². The zero-order valence-electron chi connectivity index (χ0n) is 11.3. The predicted octanol–water partition coefficient (Wildman–Crippen LogP) is 5.17. The van der Waals surface area contributed by atoms with Gasteiger partial charge in [0.2, 0.25) is 0 Å². The molecule has 0 spiro atoms. The van der Waals surface area contributed by atoms with Gasteiger partial charge in [-0.05, 0) is 46.6 Å². The maximum atomic E-state index is 9.32. The summed E-state index contributed by atoms with van der Waals surface area (Å²) < 4.78 is 0.802. The van der Waals surface area contributed by atoms with Gasteiger partial charge in [-0.15, -0.1) is 0 Å². The maximum Gasteiger partial charge on any atom is 0.103 e. The minimum absolute atomic E-state index is 0.0742. The molecule has 102 valence electrons. The van der Waals surface area contributed by atoms with Crippen LogP contribution in [0, 0.1) is 11.3 Å². The van der Waals surface area contributed by atoms with Crippen molar-refractivity contribution in [3.8, 4) is 6.07 Å². The molecule has 0 amide bonds. The number of nitriles is 1. The molecule has 0 aliphatic carbocycles. The van der Waals surface area contributed by atoms with Gasteiger partial charge in [-0.25, -0.2) is 0 Å². The molecule has 0 aliphatic rings. The molecule has 2 aromatic rings. The van der Waals surface area contributed by atoms with Crippen molar-refractivity contribution in [2.45, 2.75) is 13.0 Å². The Kier molecular flexibility index (Phi) is 4.69. The van der Waals surface area contributed by atoms with Crippen molar-refractivity contribution >= 4 is 33.2 Å². The third kappa shape index (κ3) is 2.82. The molecule has 0 radical (unpaired) electrons. The molecule has 1 unspecified atom stereocenters. The van der Waals surface area contributed by atoms with E-state index in [-0.39, 0.29) is 6.04 Å². The highest BCUT2D eigenvalue weighted by atomic mass is 79.9. The van der Waals surface area contributed by atoms with E-state index in [0.29, 0.717) is 5.56 Å². The van der Waals surface area contributed by atoms with E-state index in [9.17, 15) is 5.26 Å². The Morgan fingerprint density at radius 3 is 2.55 bits per heavy atom. The molecule has 4 heteroatoms. The van der Waals surface area contributed by atoms with E-state index in [1.165, 1.54) is 0 Å². The second kappa shape index (κ2) is 6.30. The van der Waals surface area contributed by atoms with Crippen LogP contribution in [0.1, 0.15) is 24.1 Å². The highest BCUT2D eigenvalue weighted by molar-refractivity contribution is 9.10. The minimum Gasteiger partial charge on any atom is -0.367 e. The Balaban J connectivity index is 2.42. The summed E-state index contributed by atoms with van der Waals surface area (Å²) in [6.45, 7) is 2.07. The van der Waals surface area contributed by atoms with E-state index in [0.717, 1.165) is 20.7 Å². The molecule has 0 fully saturated rings. The summed E-state index contributed by atoms with van der Waals surface area (Å²) in [5, 5.41) is 10.1. The number of nitrogens with zero attached hydrogens (tertiary/aromatic N) is 2. The lowest BCUT2D eigenvalue weighted by atomic mass is 10.1. The average Bonchev–Trinajstić information content (AvgIpc) is 2.46. The second-order valence-corrected chi connectivity index (χ2v) is 5.82. The lowest BCUT2D eigenvalue weighted by Gasteiger charge is -2.29. The van der Waals surface area contributed by atoms with Crippen molar-refractivity contribution in [2.24, 2.45) is 0 Å². The van der Waals surface area contributed by atoms with Crippen LogP contribution in [0.5, 0.6) is 0 Å². The number of benzene rings is 2. The summed E-state index contributed by atoms with van der Waals surface area (Å²) >= 11 is 9.67. The smallest absolute Gasteiger partial charge is 0.103 e. The van der Waals surface area contributed by atoms with Gasteiger partial charge in [-0.3, -0.25) is 0 Å². The van der Waals surface area contributed by atoms with Crippen LogP contribution in [-0.2, 0) is 0 Å². The Labute approximate surface area is 132 Å². The standard InChI is InChI=1S/C16H14BrClN2/c1-11(12-6-3-4-8-15(12)18)20(2)16-9-5-7-14(17)13(16)10-19/h3-9,11H,1-2H3. The molecule has 1 atom stereocenters. The third-order valence-electron chi connectivity index (χ3n) is 3.42. The highest BCUT2D eigenvalue weighted by Gasteiger charge is 2.18. The third-order valence-corrected chi connectivity index (χ3v) is 4.42. The number of hydrogen-bond donors (Lipinski definition) is 0. The highest BCUT2D eigenvalue weighted by Crippen LogP contribution is 2.33. The minimum atomic E-state index is 0.0742. The van der Waals surface area contributed by atoms with Gasteiger partial charge in [0.05, 0.1) is 17.3 Å². The first-order chi connectivity index (χ1) is 9.56. The monoisotopic (exact) mass is 348 g/mol. The molecule has 20 heavy (non-hydrogen) atoms. The molecule has 0 N–H and O–H groups in total. The van der Waals surface area contributed by atoms with Crippen LogP contribution in [0.2, 0.25) is 5.02 Å². The van der Waals surface area contributed by atoms with E-state index in [1.807, 2.05) is 49.5 Å². The van der Waals surface area contributed by atoms with Crippen molar-refractivity contribution in [1.82, 2.24) is 0 Å². The summed E-state index contributed by atoms with van der Waals surface area (Å²) in [6, 6.07) is 15.8. The van der Waals surface area contributed by atoms with Gasteiger partial charge < -0.3 is 4.90 Å². The van der Waals surface area contributed by atoms with E-state index < -0.39 is 0 Å². The molecule has 2 nitrogen and oxygen atoms in total. The zero-order chi connectivity index (χ0) is 14.7. The first-order valence-electron chi connectivity index (χ1n) is 6.22. The fraction of sp³-hybridized carbons (Fsp3) is 0.188. The lowest BCUT2D eigenvalue weighted by Crippen LogP contribution is -2.22. The summed E-state index contributed by atoms with van der Waals surface area (Å²) in [4.78, 5) is 2.06. The summed E-state index contributed by atoms with van der Waals surface area (Å²) in [6.07, 6.45) is 0. The van der Waals surface area contributed by atoms with Crippen LogP contribution in [0.4, 0.5) is 5.69 Å². The lowest BCUT2D eigenvalue weighted by molar-refractivity contribution is 0.739. The quantitative estimate of drug-likeness (QED) is 0.764. The molecule has 0 bridgehead atoms. The van der Waals surface area contributed by atoms with Gasteiger partial charge in [-0.1, -0.05) is 35.9 Å². The Bertz CT molecular complexity index is 664. The number of hydrogen-bond acceptors (Lipinski definition) is 2. The SMILES string of the molecule is CC(c1ccccc1Cl)N(C)c1cccc(Br)c1C#N. The molecule has 2 rings (SSSR count). The van der Waals surface area contributed by atoms with Gasteiger partial charge in [0.25, 0.3) is 0 Å². The first-order valence-corrected chi connectivity index (χ1v) is 7.39. The normalized spacial score (nSPS) is 11.8. The Hall–Kier alpha value is -1.50. The molecule has 2 aromatic carbocycles. The van der Waals surface area contributed by atoms with Crippen molar-refractivity contribution in [1.29, 1.82) is 5.26 Å². The fourth-order valence-electron chi connectivity index (χ4n) is 2.15. The second-order valence-electron chi connectivity index (χ2n) is 4.55. The first kappa shape index (κ1) is 14.9. The van der Waals surface area contributed by atoms with Crippen LogP contribution >= 0.6 is 27.5 Å². The molecule has 0 saturated heterocycles. The van der Waals surface area contributed by atoms with Crippen LogP contribution < -0.4 is 4.90 Å². The van der Waals surface area contributed by atoms with Crippen molar-refractivity contribution < 1.29 is 0 Å². The maximum absolute atomic E-state index is 9.32. The largest absolute Gasteiger partial charge is 0.367 e. The molecule has 0 aliphatic heterocycles. The summed E-state index contributed by atoms with van der Waals surface area (Å²) in [5.74, 6) is 0. The van der Waals surface area contributed by atoms with Gasteiger partial charge in [0, 0.05) is 16.5 Å². The van der Waals surface area contributed by atoms with E-state index in [1.54, 1.807) is 0 Å². The van der Waals surface area contributed by atoms with Gasteiger partial charge in [0.15, 0.2) is 0 Å². The Morgan fingerprint density at radius 2 is 1.90 bits per heavy atom. The van der Waals surface area contributed by atoms with E-state index in [4.69, 9.17) is 11.6 Å². The number of halogens is 2. The molecular formula is C16H14BrClN2. The molecule has 0 aromatic heterocycles. The topological polar surface area (TPSA) is 27.0 Å². The van der Waals surface area contributed by atoms with Crippen LogP contribution in [-0.4, -0.2) is 7.05 Å². The van der Waals surface area contributed by atoms with Crippen molar-refractivity contribution in [3.63, 3.8) is 0 Å². The zero-order valence-corrected chi connectivity index (χ0v) is 13.6. The molecular weight excluding hydrogens is 336 g/mol. The number of anilines is 1. The molecule has 0 saturated carbocycles. The average molecular weight is 350 g/mol. The Morgan fingerprint density at radius 1 is 1.20 bits per heavy atom. The molecule has 0 heterocycles. The van der Waals surface area contributed by atoms with Crippen molar-refractivity contribution in [3.05, 3.63) is 63.1 Å². The predicted molar refractivity (Wildman–Crippen MR) is 87.1 cm³/mol. The van der Waals surface area contributed by atoms with Gasteiger partial charge in [0.1, 0.15) is 6.07 Å². The van der Waals surface area contributed by atoms with Gasteiger partial charge in [-0.2, -0.15) is 5.26 Å². The van der Waals surface area contributed by atoms with Crippen LogP contribution in [0.15, 0.2) is 46.9 Å².